The minimum absolute atomic E-state index is 0.0729. The lowest BCUT2D eigenvalue weighted by Crippen LogP contribution is -2.12. The Morgan fingerprint density at radius 1 is 1.19 bits per heavy atom. The minimum Gasteiger partial charge on any atom is -0.324 e. The van der Waals surface area contributed by atoms with Crippen LogP contribution in [0, 0.1) is 0 Å². The summed E-state index contributed by atoms with van der Waals surface area (Å²) in [5.41, 5.74) is 8.61. The second kappa shape index (κ2) is 5.45. The lowest BCUT2D eigenvalue weighted by Gasteiger charge is -2.09. The lowest BCUT2D eigenvalue weighted by atomic mass is 10.0. The van der Waals surface area contributed by atoms with Crippen LogP contribution in [0.25, 0.3) is 0 Å². The van der Waals surface area contributed by atoms with Crippen LogP contribution >= 0.6 is 43.2 Å². The maximum atomic E-state index is 6.15. The predicted molar refractivity (Wildman–Crippen MR) is 76.8 cm³/mol. The van der Waals surface area contributed by atoms with E-state index in [1.54, 1.807) is 11.3 Å². The number of benzene rings is 1. The van der Waals surface area contributed by atoms with Gasteiger partial charge in [0.1, 0.15) is 0 Å². The predicted octanol–water partition coefficient (Wildman–Crippen LogP) is 4.52. The molecular weight excluding hydrogens is 350 g/mol. The van der Waals surface area contributed by atoms with Crippen molar-refractivity contribution in [2.75, 3.05) is 0 Å². The summed E-state index contributed by atoms with van der Waals surface area (Å²) in [4.78, 5) is 0. The zero-order chi connectivity index (χ0) is 11.5. The van der Waals surface area contributed by atoms with E-state index in [2.05, 4.69) is 55.4 Å². The Morgan fingerprint density at radius 3 is 2.44 bits per heavy atom. The molecule has 0 saturated heterocycles. The van der Waals surface area contributed by atoms with Crippen LogP contribution in [0.4, 0.5) is 0 Å². The Balaban J connectivity index is 2.07. The third-order valence-electron chi connectivity index (χ3n) is 2.38. The van der Waals surface area contributed by atoms with Crippen LogP contribution in [0.2, 0.25) is 0 Å². The highest BCUT2D eigenvalue weighted by atomic mass is 79.9. The molecule has 0 amide bonds. The number of hydrogen-bond donors (Lipinski definition) is 1. The Bertz CT molecular complexity index is 464. The first-order valence-corrected chi connectivity index (χ1v) is 7.35. The molecule has 1 nitrogen and oxygen atoms in total. The molecule has 84 valence electrons. The van der Waals surface area contributed by atoms with Gasteiger partial charge < -0.3 is 5.73 Å². The van der Waals surface area contributed by atoms with E-state index in [0.29, 0.717) is 0 Å². The van der Waals surface area contributed by atoms with Gasteiger partial charge in [-0.2, -0.15) is 0 Å². The largest absolute Gasteiger partial charge is 0.324 e. The molecule has 1 aromatic carbocycles. The van der Waals surface area contributed by atoms with Crippen LogP contribution in [-0.4, -0.2) is 0 Å². The topological polar surface area (TPSA) is 26.0 Å². The summed E-state index contributed by atoms with van der Waals surface area (Å²) < 4.78 is 2.23. The van der Waals surface area contributed by atoms with Crippen LogP contribution in [0.1, 0.15) is 17.2 Å². The second-order valence-electron chi connectivity index (χ2n) is 3.62. The molecule has 0 bridgehead atoms. The molecule has 0 saturated carbocycles. The third kappa shape index (κ3) is 3.17. The van der Waals surface area contributed by atoms with Crippen molar-refractivity contribution in [3.8, 4) is 0 Å². The van der Waals surface area contributed by atoms with Gasteiger partial charge in [0.2, 0.25) is 0 Å². The van der Waals surface area contributed by atoms with E-state index in [9.17, 15) is 0 Å². The van der Waals surface area contributed by atoms with Crippen LogP contribution in [0.3, 0.4) is 0 Å². The number of rotatable bonds is 3. The molecule has 1 unspecified atom stereocenters. The average molecular weight is 361 g/mol. The summed E-state index contributed by atoms with van der Waals surface area (Å²) in [5.74, 6) is 0. The van der Waals surface area contributed by atoms with Crippen LogP contribution < -0.4 is 5.73 Å². The van der Waals surface area contributed by atoms with E-state index >= 15 is 0 Å². The Morgan fingerprint density at radius 2 is 1.88 bits per heavy atom. The summed E-state index contributed by atoms with van der Waals surface area (Å²) in [6, 6.07) is 10.5. The zero-order valence-electron chi connectivity index (χ0n) is 8.49. The first-order valence-electron chi connectivity index (χ1n) is 4.89. The van der Waals surface area contributed by atoms with Gasteiger partial charge in [0.05, 0.1) is 3.79 Å². The quantitative estimate of drug-likeness (QED) is 0.855. The number of thiophene rings is 1. The van der Waals surface area contributed by atoms with Crippen molar-refractivity contribution in [2.24, 2.45) is 5.73 Å². The molecule has 0 fully saturated rings. The smallest absolute Gasteiger partial charge is 0.0701 e. The highest BCUT2D eigenvalue weighted by Gasteiger charge is 2.08. The molecule has 2 N–H and O–H groups in total. The van der Waals surface area contributed by atoms with Crippen LogP contribution in [0.15, 0.2) is 44.0 Å². The Kier molecular flexibility index (Phi) is 4.19. The fraction of sp³-hybridized carbons (Fsp3) is 0.167. The summed E-state index contributed by atoms with van der Waals surface area (Å²) in [7, 11) is 0. The molecule has 0 aliphatic carbocycles. The fourth-order valence-corrected chi connectivity index (χ4v) is 3.01. The van der Waals surface area contributed by atoms with E-state index in [4.69, 9.17) is 5.73 Å². The maximum absolute atomic E-state index is 6.15. The molecule has 2 rings (SSSR count). The van der Waals surface area contributed by atoms with Gasteiger partial charge in [-0.05, 0) is 57.1 Å². The van der Waals surface area contributed by atoms with Gasteiger partial charge in [0.25, 0.3) is 0 Å². The summed E-state index contributed by atoms with van der Waals surface area (Å²) >= 11 is 8.55. The van der Waals surface area contributed by atoms with Gasteiger partial charge in [-0.1, -0.05) is 28.1 Å². The van der Waals surface area contributed by atoms with E-state index < -0.39 is 0 Å². The average Bonchev–Trinajstić information content (AvgIpc) is 2.68. The molecule has 4 heteroatoms. The first kappa shape index (κ1) is 12.3. The normalized spacial score (nSPS) is 12.7. The van der Waals surface area contributed by atoms with Gasteiger partial charge >= 0.3 is 0 Å². The molecule has 2 aromatic rings. The van der Waals surface area contributed by atoms with Gasteiger partial charge in [-0.3, -0.25) is 0 Å². The van der Waals surface area contributed by atoms with Crippen LogP contribution in [0.5, 0.6) is 0 Å². The highest BCUT2D eigenvalue weighted by Crippen LogP contribution is 2.26. The molecule has 16 heavy (non-hydrogen) atoms. The molecule has 0 spiro atoms. The third-order valence-corrected chi connectivity index (χ3v) is 4.44. The van der Waals surface area contributed by atoms with Gasteiger partial charge in [0, 0.05) is 10.5 Å². The fourth-order valence-electron chi connectivity index (χ4n) is 1.51. The summed E-state index contributed by atoms with van der Waals surface area (Å²) in [6.45, 7) is 0. The molecule has 0 radical (unpaired) electrons. The van der Waals surface area contributed by atoms with Gasteiger partial charge in [-0.25, -0.2) is 0 Å². The minimum atomic E-state index is 0.0729. The van der Waals surface area contributed by atoms with E-state index in [-0.39, 0.29) is 6.04 Å². The number of hydrogen-bond acceptors (Lipinski definition) is 2. The molecule has 1 atom stereocenters. The van der Waals surface area contributed by atoms with Crippen LogP contribution in [-0.2, 0) is 6.42 Å². The Labute approximate surface area is 116 Å². The van der Waals surface area contributed by atoms with Crippen molar-refractivity contribution in [1.29, 1.82) is 0 Å². The van der Waals surface area contributed by atoms with Crippen molar-refractivity contribution in [3.63, 3.8) is 0 Å². The first-order chi connectivity index (χ1) is 7.65. The highest BCUT2D eigenvalue weighted by molar-refractivity contribution is 9.11. The zero-order valence-corrected chi connectivity index (χ0v) is 12.5. The summed E-state index contributed by atoms with van der Waals surface area (Å²) in [6.07, 6.45) is 0.871. The number of nitrogens with two attached hydrogens (primary N) is 1. The molecule has 0 aliphatic rings. The SMILES string of the molecule is NC(Cc1ccc(Br)cc1)c1csc(Br)c1. The lowest BCUT2D eigenvalue weighted by molar-refractivity contribution is 0.725. The monoisotopic (exact) mass is 359 g/mol. The van der Waals surface area contributed by atoms with Crippen molar-refractivity contribution >= 4 is 43.2 Å². The Hall–Kier alpha value is -0.160. The van der Waals surface area contributed by atoms with Crippen molar-refractivity contribution in [1.82, 2.24) is 0 Å². The summed E-state index contributed by atoms with van der Waals surface area (Å²) in [5, 5.41) is 2.10. The molecular formula is C12H11Br2NS. The van der Waals surface area contributed by atoms with Crippen molar-refractivity contribution < 1.29 is 0 Å². The van der Waals surface area contributed by atoms with Crippen molar-refractivity contribution in [3.05, 3.63) is 55.1 Å². The van der Waals surface area contributed by atoms with E-state index in [1.165, 1.54) is 11.1 Å². The van der Waals surface area contributed by atoms with Gasteiger partial charge in [-0.15, -0.1) is 11.3 Å². The molecule has 0 aliphatic heterocycles. The van der Waals surface area contributed by atoms with Crippen molar-refractivity contribution in [2.45, 2.75) is 12.5 Å². The molecule has 1 aromatic heterocycles. The molecule has 1 heterocycles. The maximum Gasteiger partial charge on any atom is 0.0701 e. The van der Waals surface area contributed by atoms with Gasteiger partial charge in [0.15, 0.2) is 0 Å². The standard InChI is InChI=1S/C12H11Br2NS/c13-10-3-1-8(2-4-10)5-11(15)9-6-12(14)16-7-9/h1-4,6-7,11H,5,15H2. The second-order valence-corrected chi connectivity index (χ2v) is 6.83. The van der Waals surface area contributed by atoms with E-state index in [0.717, 1.165) is 14.7 Å². The van der Waals surface area contributed by atoms with E-state index in [1.807, 2.05) is 12.1 Å². The number of halogens is 2.